The zero-order chi connectivity index (χ0) is 19.7. The molecule has 2 aromatic carbocycles. The maximum Gasteiger partial charge on any atom is 0.349 e. The first-order chi connectivity index (χ1) is 12.8. The van der Waals surface area contributed by atoms with E-state index in [0.717, 1.165) is 37.8 Å². The Kier molecular flexibility index (Phi) is 5.48. The van der Waals surface area contributed by atoms with Crippen LogP contribution < -0.4 is 4.74 Å². The Morgan fingerprint density at radius 1 is 0.889 bits per heavy atom. The van der Waals surface area contributed by atoms with Crippen molar-refractivity contribution in [2.45, 2.75) is 38.5 Å². The number of hydrogen-bond donors (Lipinski definition) is 0. The van der Waals surface area contributed by atoms with E-state index < -0.39 is 46.4 Å². The molecule has 2 nitrogen and oxygen atoms in total. The van der Waals surface area contributed by atoms with Crippen LogP contribution in [0.2, 0.25) is 0 Å². The van der Waals surface area contributed by atoms with E-state index in [9.17, 15) is 26.7 Å². The van der Waals surface area contributed by atoms with E-state index in [1.54, 1.807) is 0 Å². The number of hydrogen-bond acceptors (Lipinski definition) is 2. The summed E-state index contributed by atoms with van der Waals surface area (Å²) in [6, 6.07) is 3.02. The van der Waals surface area contributed by atoms with Crippen LogP contribution in [-0.2, 0) is 0 Å². The molecule has 0 aromatic heterocycles. The Morgan fingerprint density at radius 3 is 1.93 bits per heavy atom. The van der Waals surface area contributed by atoms with Gasteiger partial charge >= 0.3 is 5.97 Å². The third-order valence-electron chi connectivity index (χ3n) is 4.92. The molecule has 0 amide bonds. The first-order valence-corrected chi connectivity index (χ1v) is 8.62. The summed E-state index contributed by atoms with van der Waals surface area (Å²) in [7, 11) is 0. The summed E-state index contributed by atoms with van der Waals surface area (Å²) in [6.07, 6.45) is 3.52. The fourth-order valence-electron chi connectivity index (χ4n) is 3.37. The van der Waals surface area contributed by atoms with Crippen LogP contribution in [0, 0.1) is 35.0 Å². The molecule has 0 radical (unpaired) electrons. The Morgan fingerprint density at radius 2 is 1.41 bits per heavy atom. The van der Waals surface area contributed by atoms with Crippen molar-refractivity contribution in [2.24, 2.45) is 5.92 Å². The monoisotopic (exact) mass is 386 g/mol. The minimum absolute atomic E-state index is 0. The summed E-state index contributed by atoms with van der Waals surface area (Å²) in [5.74, 6) is -8.70. The van der Waals surface area contributed by atoms with Gasteiger partial charge in [-0.1, -0.05) is 19.8 Å². The fourth-order valence-corrected chi connectivity index (χ4v) is 3.37. The van der Waals surface area contributed by atoms with E-state index in [0.29, 0.717) is 23.6 Å². The fraction of sp³-hybridized carbons (Fsp3) is 0.350. The van der Waals surface area contributed by atoms with Gasteiger partial charge in [0.2, 0.25) is 0 Å². The van der Waals surface area contributed by atoms with Gasteiger partial charge in [-0.25, -0.2) is 26.7 Å². The second-order valence-electron chi connectivity index (χ2n) is 6.91. The maximum atomic E-state index is 14.4. The molecule has 0 N–H and O–H groups in total. The summed E-state index contributed by atoms with van der Waals surface area (Å²) in [5, 5.41) is 0. The second kappa shape index (κ2) is 7.66. The van der Waals surface area contributed by atoms with Gasteiger partial charge in [0, 0.05) is 13.6 Å². The minimum Gasteiger partial charge on any atom is -0.423 e. The molecular weight excluding hydrogens is 367 g/mol. The Labute approximate surface area is 154 Å². The smallest absolute Gasteiger partial charge is 0.349 e. The molecule has 0 saturated heterocycles. The predicted octanol–water partition coefficient (Wildman–Crippen LogP) is 6.14. The first-order valence-electron chi connectivity index (χ1n) is 8.62. The van der Waals surface area contributed by atoms with Crippen molar-refractivity contribution < 1.29 is 32.9 Å². The molecule has 146 valence electrons. The van der Waals surface area contributed by atoms with Crippen molar-refractivity contribution in [3.8, 4) is 5.75 Å². The number of esters is 1. The number of carbonyl (C=O) groups is 1. The number of benzene rings is 2. The molecule has 1 aliphatic rings. The molecule has 0 spiro atoms. The van der Waals surface area contributed by atoms with Crippen LogP contribution in [-0.4, -0.2) is 5.97 Å². The van der Waals surface area contributed by atoms with E-state index in [2.05, 4.69) is 11.7 Å². The van der Waals surface area contributed by atoms with Gasteiger partial charge in [-0.3, -0.25) is 0 Å². The Bertz CT molecular complexity index is 833. The third kappa shape index (κ3) is 4.12. The van der Waals surface area contributed by atoms with Crippen LogP contribution in [0.15, 0.2) is 24.3 Å². The first kappa shape index (κ1) is 19.3. The van der Waals surface area contributed by atoms with Crippen molar-refractivity contribution in [3.05, 3.63) is 64.5 Å². The van der Waals surface area contributed by atoms with E-state index in [-0.39, 0.29) is 7.34 Å². The largest absolute Gasteiger partial charge is 0.423 e. The second-order valence-corrected chi connectivity index (χ2v) is 6.91. The molecule has 0 heterocycles. The Balaban J connectivity index is 0.00000280. The number of halogens is 5. The van der Waals surface area contributed by atoms with Crippen LogP contribution in [0.5, 0.6) is 5.75 Å². The molecule has 0 unspecified atom stereocenters. The molecule has 3 rings (SSSR count). The molecule has 1 aliphatic carbocycles. The van der Waals surface area contributed by atoms with Crippen molar-refractivity contribution >= 4 is 5.97 Å². The summed E-state index contributed by atoms with van der Waals surface area (Å²) in [4.78, 5) is 12.1. The van der Waals surface area contributed by atoms with Crippen LogP contribution in [0.4, 0.5) is 22.0 Å². The highest BCUT2D eigenvalue weighted by Crippen LogP contribution is 2.36. The van der Waals surface area contributed by atoms with Crippen LogP contribution in [0.25, 0.3) is 0 Å². The summed E-state index contributed by atoms with van der Waals surface area (Å²) < 4.78 is 72.7. The molecule has 1 fully saturated rings. The van der Waals surface area contributed by atoms with Crippen LogP contribution >= 0.6 is 0 Å². The molecule has 0 aliphatic heterocycles. The molecule has 1 saturated carbocycles. The zero-order valence-corrected chi connectivity index (χ0v) is 14.5. The summed E-state index contributed by atoms with van der Waals surface area (Å²) >= 11 is 0. The highest BCUT2D eigenvalue weighted by atomic mass is 19.2. The van der Waals surface area contributed by atoms with Gasteiger partial charge in [0.15, 0.2) is 17.5 Å². The molecule has 0 atom stereocenters. The predicted molar refractivity (Wildman–Crippen MR) is 90.1 cm³/mol. The topological polar surface area (TPSA) is 26.3 Å². The maximum absolute atomic E-state index is 14.4. The Hall–Kier alpha value is -2.44. The van der Waals surface area contributed by atoms with E-state index in [1.807, 2.05) is 0 Å². The van der Waals surface area contributed by atoms with E-state index in [1.165, 1.54) is 0 Å². The molecule has 0 bridgehead atoms. The van der Waals surface area contributed by atoms with Crippen LogP contribution in [0.1, 0.15) is 55.9 Å². The number of ether oxygens (including phenoxy) is 1. The lowest BCUT2D eigenvalue weighted by Gasteiger charge is -2.26. The van der Waals surface area contributed by atoms with E-state index in [4.69, 9.17) is 0 Å². The average Bonchev–Trinajstić information content (AvgIpc) is 2.59. The molecule has 7 heteroatoms. The molecular formula is C20H19F5O2. The summed E-state index contributed by atoms with van der Waals surface area (Å²) in [6.45, 7) is 2.12. The SMILES string of the molecule is CC1CCC(c2cc(F)c(C(=O)Oc3cc(F)c(F)c(F)c3)c(F)c2)CC1.[HH]. The zero-order valence-electron chi connectivity index (χ0n) is 14.5. The summed E-state index contributed by atoms with van der Waals surface area (Å²) in [5.41, 5.74) is -0.500. The average molecular weight is 386 g/mol. The lowest BCUT2D eigenvalue weighted by molar-refractivity contribution is 0.0723. The number of rotatable bonds is 3. The molecule has 2 aromatic rings. The standard InChI is InChI=1S/C20H17F5O2.H2/c1-10-2-4-11(5-3-10)12-6-14(21)18(15(22)7-12)20(26)27-13-8-16(23)19(25)17(24)9-13;/h6-11H,2-5H2,1H3;1H. The van der Waals surface area contributed by atoms with Crippen molar-refractivity contribution in [2.75, 3.05) is 0 Å². The molecule has 27 heavy (non-hydrogen) atoms. The highest BCUT2D eigenvalue weighted by Gasteiger charge is 2.26. The quantitative estimate of drug-likeness (QED) is 0.274. The van der Waals surface area contributed by atoms with E-state index >= 15 is 0 Å². The van der Waals surface area contributed by atoms with Gasteiger partial charge in [-0.2, -0.15) is 0 Å². The minimum atomic E-state index is -1.74. The normalized spacial score (nSPS) is 19.8. The third-order valence-corrected chi connectivity index (χ3v) is 4.92. The van der Waals surface area contributed by atoms with Gasteiger partial charge < -0.3 is 4.74 Å². The lowest BCUT2D eigenvalue weighted by atomic mass is 9.79. The van der Waals surface area contributed by atoms with Crippen molar-refractivity contribution in [3.63, 3.8) is 0 Å². The van der Waals surface area contributed by atoms with Crippen LogP contribution in [0.3, 0.4) is 0 Å². The van der Waals surface area contributed by atoms with Gasteiger partial charge in [-0.05, 0) is 42.4 Å². The lowest BCUT2D eigenvalue weighted by Crippen LogP contribution is -2.16. The van der Waals surface area contributed by atoms with Crippen molar-refractivity contribution in [1.29, 1.82) is 0 Å². The van der Waals surface area contributed by atoms with Gasteiger partial charge in [-0.15, -0.1) is 0 Å². The van der Waals surface area contributed by atoms with Gasteiger partial charge in [0.05, 0.1) is 0 Å². The highest BCUT2D eigenvalue weighted by molar-refractivity contribution is 5.91. The number of carbonyl (C=O) groups excluding carboxylic acids is 1. The van der Waals surface area contributed by atoms with Gasteiger partial charge in [0.1, 0.15) is 22.9 Å². The van der Waals surface area contributed by atoms with Gasteiger partial charge in [0.25, 0.3) is 0 Å². The van der Waals surface area contributed by atoms with Crippen molar-refractivity contribution in [1.82, 2.24) is 0 Å².